The third kappa shape index (κ3) is 15.1. The van der Waals surface area contributed by atoms with Crippen molar-refractivity contribution in [2.24, 2.45) is 10.8 Å². The van der Waals surface area contributed by atoms with Gasteiger partial charge in [0.1, 0.15) is 11.5 Å². The van der Waals surface area contributed by atoms with Crippen LogP contribution < -0.4 is 26.4 Å². The molecule has 3 heterocycles. The molecule has 0 spiro atoms. The van der Waals surface area contributed by atoms with Crippen molar-refractivity contribution in [1.82, 2.24) is 0 Å². The van der Waals surface area contributed by atoms with Crippen molar-refractivity contribution in [1.29, 1.82) is 0 Å². The Bertz CT molecular complexity index is 1870. The highest BCUT2D eigenvalue weighted by atomic mass is 79.9. The van der Waals surface area contributed by atoms with Gasteiger partial charge in [-0.25, -0.2) is 0 Å². The van der Waals surface area contributed by atoms with Crippen LogP contribution in [0.2, 0.25) is 0 Å². The van der Waals surface area contributed by atoms with Crippen molar-refractivity contribution in [2.75, 3.05) is 77.5 Å². The van der Waals surface area contributed by atoms with E-state index in [1.165, 1.54) is 0 Å². The van der Waals surface area contributed by atoms with Crippen LogP contribution in [-0.4, -0.2) is 84.4 Å². The van der Waals surface area contributed by atoms with Gasteiger partial charge < -0.3 is 49.2 Å². The van der Waals surface area contributed by atoms with Crippen molar-refractivity contribution >= 4 is 39.9 Å². The minimum atomic E-state index is -0.358. The van der Waals surface area contributed by atoms with E-state index in [1.807, 2.05) is 78.9 Å². The van der Waals surface area contributed by atoms with Crippen LogP contribution in [0.5, 0.6) is 11.5 Å². The van der Waals surface area contributed by atoms with Crippen LogP contribution in [0.1, 0.15) is 67.2 Å². The van der Waals surface area contributed by atoms with Gasteiger partial charge in [-0.2, -0.15) is 0 Å². The lowest BCUT2D eigenvalue weighted by atomic mass is 9.79. The summed E-state index contributed by atoms with van der Waals surface area (Å²) in [6.07, 6.45) is 3.95. The summed E-state index contributed by atoms with van der Waals surface area (Å²) in [5.74, 6) is 1.74. The van der Waals surface area contributed by atoms with Crippen molar-refractivity contribution < 1.29 is 37.7 Å². The Morgan fingerprint density at radius 1 is 0.550 bits per heavy atom. The summed E-state index contributed by atoms with van der Waals surface area (Å²) in [6.45, 7) is 20.4. The molecule has 0 atom stereocenters. The Morgan fingerprint density at radius 2 is 1.00 bits per heavy atom. The van der Waals surface area contributed by atoms with E-state index in [0.717, 1.165) is 122 Å². The topological polar surface area (TPSA) is 126 Å². The largest absolute Gasteiger partial charge is 0.494 e. The predicted molar refractivity (Wildman–Crippen MR) is 246 cm³/mol. The lowest BCUT2D eigenvalue weighted by Gasteiger charge is -2.37. The van der Waals surface area contributed by atoms with Crippen molar-refractivity contribution in [3.05, 3.63) is 102 Å². The average Bonchev–Trinajstić information content (AvgIpc) is 3.42. The Hall–Kier alpha value is -3.62. The molecule has 0 aromatic heterocycles. The van der Waals surface area contributed by atoms with Crippen LogP contribution in [0.3, 0.4) is 0 Å². The molecule has 10 nitrogen and oxygen atoms in total. The molecule has 60 heavy (non-hydrogen) atoms. The normalized spacial score (nSPS) is 17.8. The summed E-state index contributed by atoms with van der Waals surface area (Å²) >= 11 is 3.28. The van der Waals surface area contributed by atoms with Crippen LogP contribution >= 0.6 is 15.9 Å². The maximum atomic E-state index is 6.11. The molecule has 4 aromatic carbocycles. The summed E-state index contributed by atoms with van der Waals surface area (Å²) in [5, 5.41) is 0. The molecule has 0 radical (unpaired) electrons. The SMILES string of the molecule is CC1(COCCCCOc2cccc(-c3cccc(N)c3)c2)COC1.CC1(COCCCCOc2cccc(B3OC(C)(C)C(C)(C)O3)c2)COC1.Nc1cccc(Br)c1. The fraction of sp³-hybridized carbons (Fsp3) is 0.500. The fourth-order valence-electron chi connectivity index (χ4n) is 6.42. The van der Waals surface area contributed by atoms with Crippen LogP contribution in [0.25, 0.3) is 11.1 Å². The van der Waals surface area contributed by atoms with Gasteiger partial charge >= 0.3 is 7.12 Å². The fourth-order valence-corrected chi connectivity index (χ4v) is 6.83. The molecule has 3 saturated heterocycles. The maximum Gasteiger partial charge on any atom is 0.494 e. The predicted octanol–water partition coefficient (Wildman–Crippen LogP) is 9.38. The molecule has 0 amide bonds. The number of nitrogens with two attached hydrogens (primary N) is 2. The van der Waals surface area contributed by atoms with E-state index in [4.69, 9.17) is 49.2 Å². The van der Waals surface area contributed by atoms with Crippen LogP contribution in [-0.2, 0) is 28.3 Å². The Balaban J connectivity index is 0.000000192. The first-order valence-electron chi connectivity index (χ1n) is 21.1. The number of rotatable bonds is 18. The summed E-state index contributed by atoms with van der Waals surface area (Å²) in [4.78, 5) is 0. The Kier molecular flexibility index (Phi) is 17.8. The molecule has 3 aliphatic rings. The highest BCUT2D eigenvalue weighted by molar-refractivity contribution is 9.10. The zero-order valence-corrected chi connectivity index (χ0v) is 38.1. The van der Waals surface area contributed by atoms with E-state index in [0.29, 0.717) is 13.2 Å². The first kappa shape index (κ1) is 47.4. The molecule has 3 aliphatic heterocycles. The van der Waals surface area contributed by atoms with E-state index in [1.54, 1.807) is 0 Å². The zero-order chi connectivity index (χ0) is 43.1. The van der Waals surface area contributed by atoms with Gasteiger partial charge in [0.05, 0.1) is 64.1 Å². The van der Waals surface area contributed by atoms with Gasteiger partial charge in [0, 0.05) is 39.9 Å². The van der Waals surface area contributed by atoms with Gasteiger partial charge in [0.25, 0.3) is 0 Å². The smallest absolute Gasteiger partial charge is 0.494 e. The van der Waals surface area contributed by atoms with Crippen LogP contribution in [0.15, 0.2) is 102 Å². The number of benzene rings is 4. The van der Waals surface area contributed by atoms with Gasteiger partial charge in [-0.15, -0.1) is 0 Å². The minimum absolute atomic E-state index is 0.227. The van der Waals surface area contributed by atoms with Gasteiger partial charge in [-0.3, -0.25) is 0 Å². The summed E-state index contributed by atoms with van der Waals surface area (Å²) in [6, 6.07) is 31.6. The zero-order valence-electron chi connectivity index (χ0n) is 36.5. The summed E-state index contributed by atoms with van der Waals surface area (Å²) < 4.78 is 47.0. The third-order valence-corrected chi connectivity index (χ3v) is 11.4. The molecule has 0 bridgehead atoms. The maximum absolute atomic E-state index is 6.11. The number of hydrogen-bond acceptors (Lipinski definition) is 10. The molecule has 0 aliphatic carbocycles. The third-order valence-electron chi connectivity index (χ3n) is 10.9. The van der Waals surface area contributed by atoms with Gasteiger partial charge in [0.15, 0.2) is 0 Å². The number of ether oxygens (including phenoxy) is 6. The second kappa shape index (κ2) is 22.5. The van der Waals surface area contributed by atoms with E-state index in [-0.39, 0.29) is 29.2 Å². The minimum Gasteiger partial charge on any atom is -0.494 e. The monoisotopic (exact) mass is 888 g/mol. The molecule has 326 valence electrons. The number of anilines is 2. The molecule has 4 aromatic rings. The molecule has 12 heteroatoms. The first-order valence-corrected chi connectivity index (χ1v) is 21.9. The van der Waals surface area contributed by atoms with E-state index < -0.39 is 0 Å². The molecule has 7 rings (SSSR count). The van der Waals surface area contributed by atoms with Crippen molar-refractivity contribution in [3.63, 3.8) is 0 Å². The van der Waals surface area contributed by atoms with Crippen molar-refractivity contribution in [3.8, 4) is 22.6 Å². The van der Waals surface area contributed by atoms with E-state index in [2.05, 4.69) is 75.7 Å². The second-order valence-corrected chi connectivity index (χ2v) is 18.6. The highest BCUT2D eigenvalue weighted by Gasteiger charge is 2.51. The van der Waals surface area contributed by atoms with Crippen LogP contribution in [0.4, 0.5) is 11.4 Å². The van der Waals surface area contributed by atoms with Crippen molar-refractivity contribution in [2.45, 2.75) is 78.4 Å². The molecular formula is C48H66BBrN2O8. The summed E-state index contributed by atoms with van der Waals surface area (Å²) in [5.41, 5.74) is 15.8. The lowest BCUT2D eigenvalue weighted by Crippen LogP contribution is -2.43. The van der Waals surface area contributed by atoms with E-state index in [9.17, 15) is 0 Å². The second-order valence-electron chi connectivity index (χ2n) is 17.7. The van der Waals surface area contributed by atoms with Gasteiger partial charge in [-0.1, -0.05) is 72.2 Å². The molecule has 0 saturated carbocycles. The lowest BCUT2D eigenvalue weighted by molar-refractivity contribution is -0.138. The number of unbranched alkanes of at least 4 members (excludes halogenated alkanes) is 2. The molecule has 0 unspecified atom stereocenters. The van der Waals surface area contributed by atoms with Crippen LogP contribution in [0, 0.1) is 10.8 Å². The standard InChI is InChI=1S/C21H33BO5.C21H27NO3.C6H6BrN/c1-19(2)20(3,4)27-22(26-19)17-9-8-10-18(13-17)25-12-7-6-11-23-14-21(5)15-24-16-21;1-21(15-24-16-21)14-23-10-2-3-11-25-20-9-5-7-18(13-20)17-6-4-8-19(22)12-17;7-5-2-1-3-6(8)4-5/h8-10,13H,6-7,11-12,14-16H2,1-5H3;4-9,12-13H,2-3,10-11,14-16,22H2,1H3;1-4H,8H2. The highest BCUT2D eigenvalue weighted by Crippen LogP contribution is 2.37. The molecular weight excluding hydrogens is 823 g/mol. The first-order chi connectivity index (χ1) is 28.6. The number of nitrogen functional groups attached to an aromatic ring is 2. The molecule has 4 N–H and O–H groups in total. The Labute approximate surface area is 367 Å². The van der Waals surface area contributed by atoms with Gasteiger partial charge in [-0.05, 0) is 125 Å². The number of hydrogen-bond donors (Lipinski definition) is 2. The number of halogens is 1. The molecule has 3 fully saturated rings. The Morgan fingerprint density at radius 3 is 1.47 bits per heavy atom. The average molecular weight is 890 g/mol. The van der Waals surface area contributed by atoms with Gasteiger partial charge in [0.2, 0.25) is 0 Å². The quantitative estimate of drug-likeness (QED) is 0.0567. The summed E-state index contributed by atoms with van der Waals surface area (Å²) in [7, 11) is -0.358. The van der Waals surface area contributed by atoms with E-state index >= 15 is 0 Å².